The molecule has 0 radical (unpaired) electrons. The zero-order valence-corrected chi connectivity index (χ0v) is 13.3. The number of rotatable bonds is 8. The van der Waals surface area contributed by atoms with E-state index in [9.17, 15) is 0 Å². The Morgan fingerprint density at radius 3 is 2.81 bits per heavy atom. The molecule has 0 aliphatic heterocycles. The van der Waals surface area contributed by atoms with Crippen molar-refractivity contribution in [3.63, 3.8) is 0 Å². The summed E-state index contributed by atoms with van der Waals surface area (Å²) >= 11 is 0. The van der Waals surface area contributed by atoms with Crippen LogP contribution in [-0.2, 0) is 19.9 Å². The maximum atomic E-state index is 4.23. The van der Waals surface area contributed by atoms with Crippen molar-refractivity contribution < 1.29 is 0 Å². The SMILES string of the molecule is CCCNCC(Cc1cccc(C)c1)Cc1cn(C)nn1. The molecule has 0 aliphatic rings. The molecule has 0 spiro atoms. The second-order valence-corrected chi connectivity index (χ2v) is 5.85. The molecule has 4 heteroatoms. The van der Waals surface area contributed by atoms with Gasteiger partial charge < -0.3 is 5.32 Å². The normalized spacial score (nSPS) is 12.5. The number of hydrogen-bond donors (Lipinski definition) is 1. The average Bonchev–Trinajstić information content (AvgIpc) is 2.84. The molecule has 1 heterocycles. The van der Waals surface area contributed by atoms with Crippen LogP contribution in [0.5, 0.6) is 0 Å². The summed E-state index contributed by atoms with van der Waals surface area (Å²) in [6, 6.07) is 8.79. The van der Waals surface area contributed by atoms with E-state index in [1.54, 1.807) is 4.68 Å². The van der Waals surface area contributed by atoms with Gasteiger partial charge >= 0.3 is 0 Å². The van der Waals surface area contributed by atoms with Gasteiger partial charge in [0.05, 0.1) is 5.69 Å². The van der Waals surface area contributed by atoms with Crippen LogP contribution in [0.25, 0.3) is 0 Å². The number of aryl methyl sites for hydroxylation is 2. The minimum absolute atomic E-state index is 0.551. The highest BCUT2D eigenvalue weighted by atomic mass is 15.4. The van der Waals surface area contributed by atoms with Crippen LogP contribution in [0.4, 0.5) is 0 Å². The smallest absolute Gasteiger partial charge is 0.0830 e. The van der Waals surface area contributed by atoms with Crippen molar-refractivity contribution in [2.24, 2.45) is 13.0 Å². The van der Waals surface area contributed by atoms with Crippen molar-refractivity contribution in [1.29, 1.82) is 0 Å². The predicted molar refractivity (Wildman–Crippen MR) is 86.2 cm³/mol. The summed E-state index contributed by atoms with van der Waals surface area (Å²) < 4.78 is 1.78. The molecule has 0 fully saturated rings. The molecular formula is C17H26N4. The van der Waals surface area contributed by atoms with E-state index in [0.29, 0.717) is 5.92 Å². The first-order valence-electron chi connectivity index (χ1n) is 7.79. The number of nitrogens with zero attached hydrogens (tertiary/aromatic N) is 3. The Morgan fingerprint density at radius 1 is 1.29 bits per heavy atom. The van der Waals surface area contributed by atoms with Crippen LogP contribution in [0.2, 0.25) is 0 Å². The fourth-order valence-corrected chi connectivity index (χ4v) is 2.66. The monoisotopic (exact) mass is 286 g/mol. The molecule has 1 aromatic heterocycles. The molecule has 1 unspecified atom stereocenters. The highest BCUT2D eigenvalue weighted by molar-refractivity contribution is 5.22. The summed E-state index contributed by atoms with van der Waals surface area (Å²) in [4.78, 5) is 0. The van der Waals surface area contributed by atoms with Crippen LogP contribution >= 0.6 is 0 Å². The molecule has 114 valence electrons. The van der Waals surface area contributed by atoms with Gasteiger partial charge in [0.2, 0.25) is 0 Å². The van der Waals surface area contributed by atoms with Crippen molar-refractivity contribution in [2.45, 2.75) is 33.1 Å². The maximum Gasteiger partial charge on any atom is 0.0830 e. The number of nitrogens with one attached hydrogen (secondary N) is 1. The van der Waals surface area contributed by atoms with Crippen LogP contribution in [0.1, 0.15) is 30.2 Å². The van der Waals surface area contributed by atoms with Crippen molar-refractivity contribution in [3.8, 4) is 0 Å². The summed E-state index contributed by atoms with van der Waals surface area (Å²) in [5, 5.41) is 11.8. The predicted octanol–water partition coefficient (Wildman–Crippen LogP) is 2.52. The lowest BCUT2D eigenvalue weighted by molar-refractivity contribution is 0.466. The summed E-state index contributed by atoms with van der Waals surface area (Å²) in [7, 11) is 1.92. The summed E-state index contributed by atoms with van der Waals surface area (Å²) in [6.07, 6.45) is 5.23. The van der Waals surface area contributed by atoms with Crippen LogP contribution < -0.4 is 5.32 Å². The van der Waals surface area contributed by atoms with Crippen LogP contribution in [0.3, 0.4) is 0 Å². The second-order valence-electron chi connectivity index (χ2n) is 5.85. The molecule has 4 nitrogen and oxygen atoms in total. The van der Waals surface area contributed by atoms with E-state index in [4.69, 9.17) is 0 Å². The summed E-state index contributed by atoms with van der Waals surface area (Å²) in [5.41, 5.74) is 3.81. The first-order valence-corrected chi connectivity index (χ1v) is 7.79. The van der Waals surface area contributed by atoms with Gasteiger partial charge in [-0.1, -0.05) is 42.0 Å². The van der Waals surface area contributed by atoms with Crippen molar-refractivity contribution >= 4 is 0 Å². The Bertz CT molecular complexity index is 547. The average molecular weight is 286 g/mol. The van der Waals surface area contributed by atoms with Crippen LogP contribution in [0.15, 0.2) is 30.5 Å². The molecule has 21 heavy (non-hydrogen) atoms. The van der Waals surface area contributed by atoms with E-state index in [2.05, 4.69) is 53.7 Å². The lowest BCUT2D eigenvalue weighted by atomic mass is 9.94. The van der Waals surface area contributed by atoms with Gasteiger partial charge in [-0.25, -0.2) is 0 Å². The van der Waals surface area contributed by atoms with E-state index in [1.165, 1.54) is 17.5 Å². The van der Waals surface area contributed by atoms with Gasteiger partial charge in [-0.3, -0.25) is 4.68 Å². The largest absolute Gasteiger partial charge is 0.316 e. The minimum atomic E-state index is 0.551. The minimum Gasteiger partial charge on any atom is -0.316 e. The molecule has 0 aliphatic carbocycles. The van der Waals surface area contributed by atoms with E-state index in [1.807, 2.05) is 13.2 Å². The number of benzene rings is 1. The summed E-state index contributed by atoms with van der Waals surface area (Å²) in [5.74, 6) is 0.551. The van der Waals surface area contributed by atoms with Gasteiger partial charge in [0.15, 0.2) is 0 Å². The molecule has 0 saturated carbocycles. The first-order chi connectivity index (χ1) is 10.2. The number of hydrogen-bond acceptors (Lipinski definition) is 3. The Labute approximate surface area is 127 Å². The van der Waals surface area contributed by atoms with Crippen LogP contribution in [0, 0.1) is 12.8 Å². The molecule has 0 amide bonds. The van der Waals surface area contributed by atoms with Gasteiger partial charge in [-0.15, -0.1) is 5.10 Å². The fraction of sp³-hybridized carbons (Fsp3) is 0.529. The van der Waals surface area contributed by atoms with Gasteiger partial charge in [-0.05, 0) is 50.8 Å². The van der Waals surface area contributed by atoms with E-state index < -0.39 is 0 Å². The lowest BCUT2D eigenvalue weighted by Crippen LogP contribution is -2.26. The quantitative estimate of drug-likeness (QED) is 0.758. The zero-order chi connectivity index (χ0) is 15.1. The van der Waals surface area contributed by atoms with Crippen molar-refractivity contribution in [3.05, 3.63) is 47.3 Å². The third-order valence-corrected chi connectivity index (χ3v) is 3.61. The van der Waals surface area contributed by atoms with Crippen molar-refractivity contribution in [1.82, 2.24) is 20.3 Å². The van der Waals surface area contributed by atoms with E-state index in [0.717, 1.165) is 31.6 Å². The zero-order valence-electron chi connectivity index (χ0n) is 13.3. The summed E-state index contributed by atoms with van der Waals surface area (Å²) in [6.45, 7) is 6.45. The molecule has 0 bridgehead atoms. The van der Waals surface area contributed by atoms with Gasteiger partial charge in [0, 0.05) is 13.2 Å². The number of aromatic nitrogens is 3. The van der Waals surface area contributed by atoms with Gasteiger partial charge in [0.1, 0.15) is 0 Å². The molecule has 1 atom stereocenters. The van der Waals surface area contributed by atoms with E-state index >= 15 is 0 Å². The molecule has 0 saturated heterocycles. The van der Waals surface area contributed by atoms with Gasteiger partial charge in [0.25, 0.3) is 0 Å². The van der Waals surface area contributed by atoms with E-state index in [-0.39, 0.29) is 0 Å². The topological polar surface area (TPSA) is 42.7 Å². The molecular weight excluding hydrogens is 260 g/mol. The Kier molecular flexibility index (Phi) is 5.93. The lowest BCUT2D eigenvalue weighted by Gasteiger charge is -2.17. The molecule has 2 aromatic rings. The Morgan fingerprint density at radius 2 is 2.14 bits per heavy atom. The van der Waals surface area contributed by atoms with Crippen molar-refractivity contribution in [2.75, 3.05) is 13.1 Å². The fourth-order valence-electron chi connectivity index (χ4n) is 2.66. The highest BCUT2D eigenvalue weighted by Crippen LogP contribution is 2.14. The third-order valence-electron chi connectivity index (χ3n) is 3.61. The first kappa shape index (κ1) is 15.7. The van der Waals surface area contributed by atoms with Gasteiger partial charge in [-0.2, -0.15) is 0 Å². The molecule has 1 N–H and O–H groups in total. The standard InChI is InChI=1S/C17H26N4/c1-4-8-18-12-16(11-17-13-21(3)20-19-17)10-15-7-5-6-14(2)9-15/h5-7,9,13,16,18H,4,8,10-12H2,1-3H3. The Balaban J connectivity index is 2.00. The third kappa shape index (κ3) is 5.31. The highest BCUT2D eigenvalue weighted by Gasteiger charge is 2.13. The maximum absolute atomic E-state index is 4.23. The Hall–Kier alpha value is -1.68. The second kappa shape index (κ2) is 7.93. The molecule has 1 aromatic carbocycles. The molecule has 2 rings (SSSR count). The van der Waals surface area contributed by atoms with Crippen LogP contribution in [-0.4, -0.2) is 28.1 Å².